The van der Waals surface area contributed by atoms with Crippen LogP contribution in [-0.2, 0) is 0 Å². The summed E-state index contributed by atoms with van der Waals surface area (Å²) in [4.78, 5) is 12.0. The molecule has 0 atom stereocenters. The molecule has 0 aliphatic rings. The number of nitrogens with one attached hydrogen (secondary N) is 1. The average molecular weight is 307 g/mol. The van der Waals surface area contributed by atoms with Gasteiger partial charge in [0.1, 0.15) is 11.6 Å². The first-order valence-corrected chi connectivity index (χ1v) is 6.40. The van der Waals surface area contributed by atoms with Gasteiger partial charge in [-0.15, -0.1) is 0 Å². The van der Waals surface area contributed by atoms with Crippen LogP contribution in [0, 0.1) is 5.82 Å². The highest BCUT2D eigenvalue weighted by Crippen LogP contribution is 2.22. The Bertz CT molecular complexity index is 672. The van der Waals surface area contributed by atoms with Gasteiger partial charge in [-0.25, -0.2) is 9.82 Å². The average Bonchev–Trinajstić information content (AvgIpc) is 2.49. The third-order valence-corrected chi connectivity index (χ3v) is 2.89. The molecule has 0 aliphatic heterocycles. The maximum atomic E-state index is 12.7. The normalized spacial score (nSPS) is 10.6. The minimum Gasteiger partial charge on any atom is -0.496 e. The summed E-state index contributed by atoms with van der Waals surface area (Å²) in [5.41, 5.74) is 3.30. The molecule has 6 heteroatoms. The van der Waals surface area contributed by atoms with E-state index in [1.54, 1.807) is 24.3 Å². The topological polar surface area (TPSA) is 50.7 Å². The number of nitrogens with zero attached hydrogens (tertiary/aromatic N) is 1. The lowest BCUT2D eigenvalue weighted by atomic mass is 10.2. The summed E-state index contributed by atoms with van der Waals surface area (Å²) in [6, 6.07) is 10.4. The molecule has 0 radical (unpaired) electrons. The molecule has 21 heavy (non-hydrogen) atoms. The van der Waals surface area contributed by atoms with Crippen molar-refractivity contribution in [3.8, 4) is 5.75 Å². The molecule has 0 fully saturated rings. The molecule has 0 saturated carbocycles. The second-order valence-electron chi connectivity index (χ2n) is 4.10. The Morgan fingerprint density at radius 3 is 2.67 bits per heavy atom. The van der Waals surface area contributed by atoms with Crippen molar-refractivity contribution in [1.29, 1.82) is 0 Å². The third kappa shape index (κ3) is 4.03. The van der Waals surface area contributed by atoms with E-state index in [4.69, 9.17) is 16.3 Å². The molecule has 2 aromatic rings. The van der Waals surface area contributed by atoms with E-state index in [-0.39, 0.29) is 11.4 Å². The monoisotopic (exact) mass is 306 g/mol. The van der Waals surface area contributed by atoms with Gasteiger partial charge in [0.25, 0.3) is 5.91 Å². The van der Waals surface area contributed by atoms with Crippen molar-refractivity contribution >= 4 is 23.7 Å². The molecule has 0 saturated heterocycles. The molecular formula is C15H12ClFN2O2. The van der Waals surface area contributed by atoms with Gasteiger partial charge in [0.2, 0.25) is 0 Å². The van der Waals surface area contributed by atoms with Crippen molar-refractivity contribution in [3.05, 3.63) is 64.4 Å². The van der Waals surface area contributed by atoms with Crippen molar-refractivity contribution in [2.75, 3.05) is 7.11 Å². The van der Waals surface area contributed by atoms with Crippen molar-refractivity contribution < 1.29 is 13.9 Å². The first-order chi connectivity index (χ1) is 10.1. The van der Waals surface area contributed by atoms with Gasteiger partial charge in [0.15, 0.2) is 0 Å². The van der Waals surface area contributed by atoms with E-state index in [0.717, 1.165) is 0 Å². The Kier molecular flexibility index (Phi) is 4.90. The molecule has 4 nitrogen and oxygen atoms in total. The fourth-order valence-electron chi connectivity index (χ4n) is 1.63. The number of benzene rings is 2. The maximum absolute atomic E-state index is 12.7. The Labute approximate surface area is 126 Å². The SMILES string of the molecule is COc1ccc(Cl)cc1C(=O)N/N=C\c1ccc(F)cc1. The molecule has 0 bridgehead atoms. The molecule has 0 unspecified atom stereocenters. The predicted octanol–water partition coefficient (Wildman–Crippen LogP) is 3.25. The summed E-state index contributed by atoms with van der Waals surface area (Å²) in [5.74, 6) is -0.388. The fourth-order valence-corrected chi connectivity index (χ4v) is 1.80. The zero-order valence-electron chi connectivity index (χ0n) is 11.1. The van der Waals surface area contributed by atoms with E-state index in [2.05, 4.69) is 10.5 Å². The second-order valence-corrected chi connectivity index (χ2v) is 4.53. The number of rotatable bonds is 4. The highest BCUT2D eigenvalue weighted by Gasteiger charge is 2.11. The second kappa shape index (κ2) is 6.85. The number of hydrogen-bond donors (Lipinski definition) is 1. The van der Waals surface area contributed by atoms with Crippen molar-refractivity contribution in [3.63, 3.8) is 0 Å². The van der Waals surface area contributed by atoms with E-state index in [9.17, 15) is 9.18 Å². The van der Waals surface area contributed by atoms with E-state index < -0.39 is 5.91 Å². The van der Waals surface area contributed by atoms with Gasteiger partial charge in [-0.3, -0.25) is 4.79 Å². The first-order valence-electron chi connectivity index (χ1n) is 6.02. The Balaban J connectivity index is 2.08. The van der Waals surface area contributed by atoms with Crippen molar-refractivity contribution in [2.45, 2.75) is 0 Å². The van der Waals surface area contributed by atoms with Gasteiger partial charge in [-0.1, -0.05) is 23.7 Å². The van der Waals surface area contributed by atoms with E-state index in [1.165, 1.54) is 31.5 Å². The van der Waals surface area contributed by atoms with Crippen LogP contribution >= 0.6 is 11.6 Å². The van der Waals surface area contributed by atoms with Crippen LogP contribution in [-0.4, -0.2) is 19.2 Å². The highest BCUT2D eigenvalue weighted by atomic mass is 35.5. The largest absolute Gasteiger partial charge is 0.496 e. The van der Waals surface area contributed by atoms with E-state index in [1.807, 2.05) is 0 Å². The molecule has 1 amide bonds. The van der Waals surface area contributed by atoms with Crippen molar-refractivity contribution in [1.82, 2.24) is 5.43 Å². The van der Waals surface area contributed by atoms with Crippen LogP contribution in [0.4, 0.5) is 4.39 Å². The van der Waals surface area contributed by atoms with Gasteiger partial charge in [-0.05, 0) is 35.9 Å². The number of halogens is 2. The molecule has 2 rings (SSSR count). The Morgan fingerprint density at radius 2 is 2.00 bits per heavy atom. The van der Waals surface area contributed by atoms with E-state index >= 15 is 0 Å². The standard InChI is InChI=1S/C15H12ClFN2O2/c1-21-14-7-4-11(16)8-13(14)15(20)19-18-9-10-2-5-12(17)6-3-10/h2-9H,1H3,(H,19,20)/b18-9-. The van der Waals surface area contributed by atoms with Gasteiger partial charge >= 0.3 is 0 Å². The minimum atomic E-state index is -0.451. The number of hydrazone groups is 1. The number of methoxy groups -OCH3 is 1. The Morgan fingerprint density at radius 1 is 1.29 bits per heavy atom. The molecule has 2 aromatic carbocycles. The smallest absolute Gasteiger partial charge is 0.275 e. The molecule has 0 spiro atoms. The van der Waals surface area contributed by atoms with Crippen LogP contribution in [0.3, 0.4) is 0 Å². The van der Waals surface area contributed by atoms with Gasteiger partial charge in [0, 0.05) is 5.02 Å². The number of carbonyl (C=O) groups is 1. The van der Waals surface area contributed by atoms with Crippen LogP contribution in [0.1, 0.15) is 15.9 Å². The van der Waals surface area contributed by atoms with Gasteiger partial charge in [-0.2, -0.15) is 5.10 Å². The van der Waals surface area contributed by atoms with Crippen LogP contribution in [0.15, 0.2) is 47.6 Å². The van der Waals surface area contributed by atoms with Crippen LogP contribution in [0.5, 0.6) is 5.75 Å². The molecular weight excluding hydrogens is 295 g/mol. The van der Waals surface area contributed by atoms with Crippen LogP contribution in [0.25, 0.3) is 0 Å². The summed E-state index contributed by atoms with van der Waals surface area (Å²) in [6.45, 7) is 0. The number of carbonyl (C=O) groups excluding carboxylic acids is 1. The van der Waals surface area contributed by atoms with Crippen LogP contribution < -0.4 is 10.2 Å². The summed E-state index contributed by atoms with van der Waals surface area (Å²) in [6.07, 6.45) is 1.41. The quantitative estimate of drug-likeness (QED) is 0.696. The molecule has 108 valence electrons. The zero-order valence-corrected chi connectivity index (χ0v) is 11.9. The molecule has 1 N–H and O–H groups in total. The zero-order chi connectivity index (χ0) is 15.2. The molecule has 0 heterocycles. The lowest BCUT2D eigenvalue weighted by molar-refractivity contribution is 0.0952. The van der Waals surface area contributed by atoms with Gasteiger partial charge in [0.05, 0.1) is 18.9 Å². The summed E-state index contributed by atoms with van der Waals surface area (Å²) in [5, 5.41) is 4.23. The molecule has 0 aliphatic carbocycles. The maximum Gasteiger partial charge on any atom is 0.275 e. The van der Waals surface area contributed by atoms with Crippen molar-refractivity contribution in [2.24, 2.45) is 5.10 Å². The third-order valence-electron chi connectivity index (χ3n) is 2.66. The fraction of sp³-hybridized carbons (Fsp3) is 0.0667. The van der Waals surface area contributed by atoms with Crippen LogP contribution in [0.2, 0.25) is 5.02 Å². The number of hydrogen-bond acceptors (Lipinski definition) is 3. The highest BCUT2D eigenvalue weighted by molar-refractivity contribution is 6.31. The lowest BCUT2D eigenvalue weighted by Gasteiger charge is -2.07. The predicted molar refractivity (Wildman–Crippen MR) is 79.5 cm³/mol. The minimum absolute atomic E-state index is 0.279. The lowest BCUT2D eigenvalue weighted by Crippen LogP contribution is -2.18. The van der Waals surface area contributed by atoms with Gasteiger partial charge < -0.3 is 4.74 Å². The van der Waals surface area contributed by atoms with E-state index in [0.29, 0.717) is 16.3 Å². The Hall–Kier alpha value is -2.40. The number of ether oxygens (including phenoxy) is 1. The summed E-state index contributed by atoms with van der Waals surface area (Å²) < 4.78 is 17.8. The summed E-state index contributed by atoms with van der Waals surface area (Å²) >= 11 is 5.85. The number of amides is 1. The molecule has 0 aromatic heterocycles. The first kappa shape index (κ1) is 15.0. The summed E-state index contributed by atoms with van der Waals surface area (Å²) in [7, 11) is 1.46.